The van der Waals surface area contributed by atoms with Crippen LogP contribution >= 0.6 is 0 Å². The predicted octanol–water partition coefficient (Wildman–Crippen LogP) is 13.7. The summed E-state index contributed by atoms with van der Waals surface area (Å²) in [5.74, 6) is 3.59. The third-order valence-corrected chi connectivity index (χ3v) is 12.4. The number of aromatic nitrogens is 8. The number of benzene rings is 9. The van der Waals surface area contributed by atoms with Gasteiger partial charge < -0.3 is 4.57 Å². The number of fused-ring (bicyclic) bond motifs is 8. The van der Waals surface area contributed by atoms with E-state index in [9.17, 15) is 0 Å². The minimum atomic E-state index is 0.538. The maximum absolute atomic E-state index is 5.40. The summed E-state index contributed by atoms with van der Waals surface area (Å²) in [6.45, 7) is 0. The van der Waals surface area contributed by atoms with Gasteiger partial charge in [0.1, 0.15) is 0 Å². The number of nitrogens with zero attached hydrogens (tertiary/aromatic N) is 8. The Morgan fingerprint density at radius 1 is 0.258 bits per heavy atom. The molecular weight excluding hydrogens is 809 g/mol. The molecule has 0 saturated carbocycles. The second-order valence-electron chi connectivity index (χ2n) is 16.3. The van der Waals surface area contributed by atoms with Crippen molar-refractivity contribution in [2.24, 2.45) is 0 Å². The Morgan fingerprint density at radius 3 is 1.24 bits per heavy atom. The molecule has 0 N–H and O–H groups in total. The van der Waals surface area contributed by atoms with Crippen LogP contribution in [0.5, 0.6) is 0 Å². The maximum atomic E-state index is 5.40. The minimum Gasteiger partial charge on any atom is -0.307 e. The third-order valence-electron chi connectivity index (χ3n) is 12.4. The second kappa shape index (κ2) is 15.3. The maximum Gasteiger partial charge on any atom is 0.238 e. The average Bonchev–Trinajstić information content (AvgIpc) is 3.92. The molecule has 0 radical (unpaired) electrons. The fraction of sp³-hybridized carbons (Fsp3) is 0. The summed E-state index contributed by atoms with van der Waals surface area (Å²) in [7, 11) is 0. The van der Waals surface area contributed by atoms with E-state index in [4.69, 9.17) is 29.9 Å². The molecule has 13 rings (SSSR count). The molecule has 66 heavy (non-hydrogen) atoms. The smallest absolute Gasteiger partial charge is 0.238 e. The molecule has 0 aliphatic rings. The van der Waals surface area contributed by atoms with Crippen molar-refractivity contribution >= 4 is 54.4 Å². The Labute approximate surface area is 378 Å². The van der Waals surface area contributed by atoms with Crippen molar-refractivity contribution in [3.05, 3.63) is 218 Å². The van der Waals surface area contributed by atoms with Crippen molar-refractivity contribution < 1.29 is 0 Å². The molecule has 308 valence electrons. The van der Waals surface area contributed by atoms with Gasteiger partial charge in [0, 0.05) is 55.0 Å². The molecule has 8 nitrogen and oxygen atoms in total. The number of para-hydroxylation sites is 2. The summed E-state index contributed by atoms with van der Waals surface area (Å²) in [4.78, 5) is 30.9. The van der Waals surface area contributed by atoms with Crippen LogP contribution in [0, 0.1) is 0 Å². The summed E-state index contributed by atoms with van der Waals surface area (Å²) in [6, 6.07) is 75.2. The van der Waals surface area contributed by atoms with E-state index in [1.807, 2.05) is 78.9 Å². The van der Waals surface area contributed by atoms with E-state index in [2.05, 4.69) is 149 Å². The molecular formula is C58H36N8. The van der Waals surface area contributed by atoms with Gasteiger partial charge in [0.05, 0.1) is 22.1 Å². The fourth-order valence-electron chi connectivity index (χ4n) is 9.40. The summed E-state index contributed by atoms with van der Waals surface area (Å²) >= 11 is 0. The van der Waals surface area contributed by atoms with Gasteiger partial charge in [0.15, 0.2) is 29.1 Å². The zero-order valence-electron chi connectivity index (χ0n) is 35.4. The van der Waals surface area contributed by atoms with Crippen LogP contribution in [-0.4, -0.2) is 39.0 Å². The highest BCUT2D eigenvalue weighted by atomic mass is 15.2. The van der Waals surface area contributed by atoms with Gasteiger partial charge in [-0.15, -0.1) is 0 Å². The largest absolute Gasteiger partial charge is 0.307 e. The zero-order valence-corrected chi connectivity index (χ0v) is 35.4. The molecule has 0 atom stereocenters. The molecule has 0 fully saturated rings. The molecule has 4 heterocycles. The van der Waals surface area contributed by atoms with E-state index in [1.165, 1.54) is 0 Å². The fourth-order valence-corrected chi connectivity index (χ4v) is 9.40. The quantitative estimate of drug-likeness (QED) is 0.159. The van der Waals surface area contributed by atoms with Crippen LogP contribution in [0.15, 0.2) is 218 Å². The van der Waals surface area contributed by atoms with Gasteiger partial charge in [-0.25, -0.2) is 19.9 Å². The van der Waals surface area contributed by atoms with Crippen LogP contribution in [0.3, 0.4) is 0 Å². The standard InChI is InChI=1S/C58H36N8/c1-4-18-38(19-5-1)53-59-54(39-20-6-2-7-21-39)61-55(60-53)41-31-33-42(34-32-41)65-49-29-14-12-26-44(49)46-35-36-47-45-27-13-15-30-50(45)66(52(47)51(46)65)58-63-56(40-22-8-3-9-23-40)62-57(64-58)48-28-16-24-37-17-10-11-25-43(37)48/h1-36H. The number of rotatable bonds is 7. The van der Waals surface area contributed by atoms with E-state index >= 15 is 0 Å². The van der Waals surface area contributed by atoms with Crippen molar-refractivity contribution in [2.75, 3.05) is 0 Å². The lowest BCUT2D eigenvalue weighted by Crippen LogP contribution is -2.07. The highest BCUT2D eigenvalue weighted by Gasteiger charge is 2.24. The molecule has 9 aromatic carbocycles. The van der Waals surface area contributed by atoms with Gasteiger partial charge in [-0.3, -0.25) is 4.57 Å². The van der Waals surface area contributed by atoms with Crippen LogP contribution in [0.25, 0.3) is 123 Å². The normalized spacial score (nSPS) is 11.6. The monoisotopic (exact) mass is 844 g/mol. The summed E-state index contributed by atoms with van der Waals surface area (Å²) in [6.07, 6.45) is 0. The highest BCUT2D eigenvalue weighted by Crippen LogP contribution is 2.42. The van der Waals surface area contributed by atoms with Crippen molar-refractivity contribution in [1.29, 1.82) is 0 Å². The van der Waals surface area contributed by atoms with Gasteiger partial charge in [-0.2, -0.15) is 9.97 Å². The van der Waals surface area contributed by atoms with E-state index in [0.29, 0.717) is 35.1 Å². The van der Waals surface area contributed by atoms with Gasteiger partial charge in [0.25, 0.3) is 0 Å². The van der Waals surface area contributed by atoms with E-state index in [1.54, 1.807) is 0 Å². The third kappa shape index (κ3) is 6.15. The second-order valence-corrected chi connectivity index (χ2v) is 16.3. The van der Waals surface area contributed by atoms with Gasteiger partial charge in [-0.05, 0) is 47.2 Å². The molecule has 13 aromatic rings. The van der Waals surface area contributed by atoms with Gasteiger partial charge >= 0.3 is 0 Å². The molecule has 0 aliphatic carbocycles. The Kier molecular flexibility index (Phi) is 8.67. The average molecular weight is 845 g/mol. The first-order valence-electron chi connectivity index (χ1n) is 22.0. The summed E-state index contributed by atoms with van der Waals surface area (Å²) in [5.41, 5.74) is 9.72. The molecule has 0 bridgehead atoms. The Morgan fingerprint density at radius 2 is 0.667 bits per heavy atom. The SMILES string of the molecule is c1ccc(-c2nc(-c3ccccc3)nc(-c3ccc(-n4c5ccccc5c5ccc6c7ccccc7n(-c7nc(-c8ccccc8)nc(-c8cccc9ccccc89)n7)c6c54)cc3)n2)cc1. The molecule has 0 unspecified atom stereocenters. The van der Waals surface area contributed by atoms with Gasteiger partial charge in [-0.1, -0.05) is 182 Å². The lowest BCUT2D eigenvalue weighted by Gasteiger charge is -2.14. The minimum absolute atomic E-state index is 0.538. The van der Waals surface area contributed by atoms with Crippen molar-refractivity contribution in [2.45, 2.75) is 0 Å². The van der Waals surface area contributed by atoms with E-state index < -0.39 is 0 Å². The lowest BCUT2D eigenvalue weighted by atomic mass is 10.0. The zero-order chi connectivity index (χ0) is 43.6. The van der Waals surface area contributed by atoms with Crippen LogP contribution in [-0.2, 0) is 0 Å². The Balaban J connectivity index is 1.06. The molecule has 0 spiro atoms. The highest BCUT2D eigenvalue weighted by molar-refractivity contribution is 6.23. The predicted molar refractivity (Wildman–Crippen MR) is 267 cm³/mol. The van der Waals surface area contributed by atoms with Crippen LogP contribution in [0.2, 0.25) is 0 Å². The lowest BCUT2D eigenvalue weighted by molar-refractivity contribution is 0.954. The van der Waals surface area contributed by atoms with Crippen LogP contribution in [0.1, 0.15) is 0 Å². The van der Waals surface area contributed by atoms with Crippen molar-refractivity contribution in [1.82, 2.24) is 39.0 Å². The Bertz CT molecular complexity index is 3910. The molecule has 0 amide bonds. The van der Waals surface area contributed by atoms with Gasteiger partial charge in [0.2, 0.25) is 5.95 Å². The summed E-state index contributed by atoms with van der Waals surface area (Å²) in [5, 5.41) is 6.66. The number of hydrogen-bond donors (Lipinski definition) is 0. The molecule has 4 aromatic heterocycles. The van der Waals surface area contributed by atoms with Crippen molar-refractivity contribution in [3.63, 3.8) is 0 Å². The molecule has 0 saturated heterocycles. The first-order valence-corrected chi connectivity index (χ1v) is 22.0. The van der Waals surface area contributed by atoms with E-state index in [0.717, 1.165) is 87.9 Å². The first-order chi connectivity index (χ1) is 32.7. The topological polar surface area (TPSA) is 87.2 Å². The first kappa shape index (κ1) is 37.4. The van der Waals surface area contributed by atoms with E-state index in [-0.39, 0.29) is 0 Å². The summed E-state index contributed by atoms with van der Waals surface area (Å²) < 4.78 is 4.61. The molecule has 0 aliphatic heterocycles. The number of hydrogen-bond acceptors (Lipinski definition) is 6. The van der Waals surface area contributed by atoms with Crippen LogP contribution < -0.4 is 0 Å². The van der Waals surface area contributed by atoms with Crippen molar-refractivity contribution in [3.8, 4) is 68.6 Å². The Hall–Kier alpha value is -9.14. The van der Waals surface area contributed by atoms with Crippen LogP contribution in [0.4, 0.5) is 0 Å². The molecule has 8 heteroatoms.